The monoisotopic (exact) mass is 598 g/mol. The van der Waals surface area contributed by atoms with Crippen molar-refractivity contribution in [1.82, 2.24) is 15.0 Å². The Bertz CT molecular complexity index is 1360. The normalized spacial score (nSPS) is 11.5. The SMILES string of the molecule is C=C(C)CC(C)(C)C.CCCCCCC.Cc1cccc(-c2nc(C)sc2-c2ccnc(NC(C)c3ccccc3)n2)c1. The van der Waals surface area contributed by atoms with Crippen LogP contribution in [0.25, 0.3) is 21.8 Å². The molecule has 4 rings (SSSR count). The molecule has 5 heteroatoms. The summed E-state index contributed by atoms with van der Waals surface area (Å²) in [6.07, 6.45) is 9.94. The minimum Gasteiger partial charge on any atom is -0.348 e. The standard InChI is InChI=1S/C23H22N4S.C8H16.C7H16/c1-15-8-7-11-19(14-15)21-22(28-17(3)26-21)20-12-13-24-23(27-20)25-16(2)18-9-5-4-6-10-18;1-7(2)6-8(3,4)5;1-3-5-7-6-4-2/h4-14,16H,1-3H3,(H,24,25,27);1,6H2,2-5H3;3-7H2,1-2H3. The fraction of sp³-hybridized carbons (Fsp3) is 0.447. The van der Waals surface area contributed by atoms with Gasteiger partial charge in [-0.2, -0.15) is 0 Å². The first-order chi connectivity index (χ1) is 20.4. The lowest BCUT2D eigenvalue weighted by atomic mass is 9.89. The van der Waals surface area contributed by atoms with Gasteiger partial charge in [0.15, 0.2) is 0 Å². The zero-order valence-corrected chi connectivity index (χ0v) is 28.9. The highest BCUT2D eigenvalue weighted by Crippen LogP contribution is 2.36. The van der Waals surface area contributed by atoms with E-state index in [0.717, 1.165) is 33.3 Å². The fourth-order valence-corrected chi connectivity index (χ4v) is 5.65. The van der Waals surface area contributed by atoms with Gasteiger partial charge < -0.3 is 5.32 Å². The summed E-state index contributed by atoms with van der Waals surface area (Å²) in [6, 6.07) is 20.8. The van der Waals surface area contributed by atoms with Crippen LogP contribution in [0.5, 0.6) is 0 Å². The van der Waals surface area contributed by atoms with Gasteiger partial charge in [0.1, 0.15) is 0 Å². The Morgan fingerprint density at radius 3 is 2.14 bits per heavy atom. The number of unbranched alkanes of at least 4 members (excludes halogenated alkanes) is 4. The molecule has 43 heavy (non-hydrogen) atoms. The highest BCUT2D eigenvalue weighted by atomic mass is 32.1. The molecular weight excluding hydrogens is 545 g/mol. The van der Waals surface area contributed by atoms with Gasteiger partial charge >= 0.3 is 0 Å². The van der Waals surface area contributed by atoms with Crippen molar-refractivity contribution in [2.45, 2.75) is 107 Å². The van der Waals surface area contributed by atoms with E-state index in [2.05, 4.69) is 109 Å². The van der Waals surface area contributed by atoms with Gasteiger partial charge in [0.05, 0.1) is 27.3 Å². The van der Waals surface area contributed by atoms with Crippen LogP contribution >= 0.6 is 11.3 Å². The molecule has 2 aromatic heterocycles. The summed E-state index contributed by atoms with van der Waals surface area (Å²) in [4.78, 5) is 15.0. The van der Waals surface area contributed by atoms with Gasteiger partial charge in [0.25, 0.3) is 0 Å². The van der Waals surface area contributed by atoms with Gasteiger partial charge in [-0.3, -0.25) is 0 Å². The molecule has 0 spiro atoms. The number of nitrogens with one attached hydrogen (secondary N) is 1. The van der Waals surface area contributed by atoms with Crippen molar-refractivity contribution in [2.24, 2.45) is 5.41 Å². The lowest BCUT2D eigenvalue weighted by molar-refractivity contribution is 0.410. The molecule has 0 saturated heterocycles. The van der Waals surface area contributed by atoms with Crippen LogP contribution in [-0.4, -0.2) is 15.0 Å². The molecule has 1 atom stereocenters. The Labute approximate surface area is 266 Å². The van der Waals surface area contributed by atoms with Crippen LogP contribution in [0.4, 0.5) is 5.95 Å². The van der Waals surface area contributed by atoms with Crippen LogP contribution in [0.15, 0.2) is 79.0 Å². The smallest absolute Gasteiger partial charge is 0.223 e. The first kappa shape index (κ1) is 35.9. The number of allylic oxidation sites excluding steroid dienone is 1. The lowest BCUT2D eigenvalue weighted by Gasteiger charge is -2.17. The van der Waals surface area contributed by atoms with E-state index in [1.807, 2.05) is 31.2 Å². The van der Waals surface area contributed by atoms with Crippen molar-refractivity contribution in [3.05, 3.63) is 95.1 Å². The summed E-state index contributed by atoms with van der Waals surface area (Å²) in [5, 5.41) is 4.43. The molecule has 4 aromatic rings. The number of aromatic nitrogens is 3. The van der Waals surface area contributed by atoms with Gasteiger partial charge in [0, 0.05) is 11.8 Å². The van der Waals surface area contributed by atoms with E-state index in [1.54, 1.807) is 17.5 Å². The average Bonchev–Trinajstić information content (AvgIpc) is 3.35. The second-order valence-electron chi connectivity index (χ2n) is 12.6. The van der Waals surface area contributed by atoms with Crippen LogP contribution in [0.3, 0.4) is 0 Å². The molecule has 0 amide bonds. The second kappa shape index (κ2) is 18.4. The third kappa shape index (κ3) is 13.7. The van der Waals surface area contributed by atoms with Gasteiger partial charge in [-0.25, -0.2) is 15.0 Å². The molecular formula is C38H54N4S. The fourth-order valence-electron chi connectivity index (χ4n) is 4.74. The maximum atomic E-state index is 4.78. The van der Waals surface area contributed by atoms with E-state index in [9.17, 15) is 0 Å². The Hall–Kier alpha value is -3.31. The summed E-state index contributed by atoms with van der Waals surface area (Å²) in [6.45, 7) is 23.3. The zero-order chi connectivity index (χ0) is 31.8. The van der Waals surface area contributed by atoms with E-state index >= 15 is 0 Å². The van der Waals surface area contributed by atoms with Gasteiger partial charge in [-0.15, -0.1) is 17.9 Å². The minimum atomic E-state index is 0.121. The van der Waals surface area contributed by atoms with Crippen molar-refractivity contribution in [1.29, 1.82) is 0 Å². The molecule has 0 fully saturated rings. The quantitative estimate of drug-likeness (QED) is 0.146. The molecule has 0 radical (unpaired) electrons. The number of anilines is 1. The van der Waals surface area contributed by atoms with E-state index in [0.29, 0.717) is 11.4 Å². The van der Waals surface area contributed by atoms with Crippen molar-refractivity contribution in [3.63, 3.8) is 0 Å². The topological polar surface area (TPSA) is 50.7 Å². The Balaban J connectivity index is 0.000000357. The largest absolute Gasteiger partial charge is 0.348 e. The van der Waals surface area contributed by atoms with Gasteiger partial charge in [0.2, 0.25) is 5.95 Å². The molecule has 0 aliphatic heterocycles. The maximum Gasteiger partial charge on any atom is 0.223 e. The van der Waals surface area contributed by atoms with Crippen LogP contribution in [-0.2, 0) is 0 Å². The molecule has 2 heterocycles. The molecule has 4 nitrogen and oxygen atoms in total. The predicted octanol–water partition coefficient (Wildman–Crippen LogP) is 12.0. The minimum absolute atomic E-state index is 0.121. The van der Waals surface area contributed by atoms with E-state index in [1.165, 1.54) is 48.8 Å². The maximum absolute atomic E-state index is 4.78. The zero-order valence-electron chi connectivity index (χ0n) is 28.1. The number of hydrogen-bond donors (Lipinski definition) is 1. The second-order valence-corrected chi connectivity index (χ2v) is 13.8. The molecule has 0 aliphatic rings. The molecule has 232 valence electrons. The molecule has 1 N–H and O–H groups in total. The molecule has 0 saturated carbocycles. The van der Waals surface area contributed by atoms with Crippen molar-refractivity contribution < 1.29 is 0 Å². The number of hydrogen-bond acceptors (Lipinski definition) is 5. The summed E-state index contributed by atoms with van der Waals surface area (Å²) >= 11 is 1.66. The van der Waals surface area contributed by atoms with Crippen LogP contribution in [0.2, 0.25) is 0 Å². The number of benzene rings is 2. The molecule has 0 aliphatic carbocycles. The van der Waals surface area contributed by atoms with Crippen molar-refractivity contribution >= 4 is 17.3 Å². The lowest BCUT2D eigenvalue weighted by Crippen LogP contribution is -2.09. The number of rotatable bonds is 10. The summed E-state index contributed by atoms with van der Waals surface area (Å²) < 4.78 is 0. The van der Waals surface area contributed by atoms with Crippen LogP contribution < -0.4 is 5.32 Å². The number of aryl methyl sites for hydroxylation is 2. The van der Waals surface area contributed by atoms with E-state index in [-0.39, 0.29) is 6.04 Å². The van der Waals surface area contributed by atoms with Crippen molar-refractivity contribution in [3.8, 4) is 21.8 Å². The highest BCUT2D eigenvalue weighted by molar-refractivity contribution is 7.15. The van der Waals surface area contributed by atoms with E-state index in [4.69, 9.17) is 9.97 Å². The average molecular weight is 599 g/mol. The Kier molecular flexibility index (Phi) is 15.3. The van der Waals surface area contributed by atoms with Crippen molar-refractivity contribution in [2.75, 3.05) is 5.32 Å². The predicted molar refractivity (Wildman–Crippen MR) is 190 cm³/mol. The Morgan fingerprint density at radius 1 is 0.907 bits per heavy atom. The highest BCUT2D eigenvalue weighted by Gasteiger charge is 2.16. The number of nitrogens with zero attached hydrogens (tertiary/aromatic N) is 3. The van der Waals surface area contributed by atoms with Gasteiger partial charge in [-0.05, 0) is 57.2 Å². The first-order valence-electron chi connectivity index (χ1n) is 15.8. The summed E-state index contributed by atoms with van der Waals surface area (Å²) in [5.74, 6) is 0.620. The number of thiazole rings is 1. The summed E-state index contributed by atoms with van der Waals surface area (Å²) in [7, 11) is 0. The Morgan fingerprint density at radius 2 is 1.58 bits per heavy atom. The van der Waals surface area contributed by atoms with E-state index < -0.39 is 0 Å². The third-order valence-corrected chi connectivity index (χ3v) is 7.59. The first-order valence-corrected chi connectivity index (χ1v) is 16.6. The molecule has 2 aromatic carbocycles. The molecule has 0 bridgehead atoms. The van der Waals surface area contributed by atoms with Crippen LogP contribution in [0, 0.1) is 19.3 Å². The van der Waals surface area contributed by atoms with Gasteiger partial charge in [-0.1, -0.05) is 126 Å². The molecule has 1 unspecified atom stereocenters. The summed E-state index contributed by atoms with van der Waals surface area (Å²) in [5.41, 5.74) is 7.10. The van der Waals surface area contributed by atoms with Crippen LogP contribution in [0.1, 0.15) is 109 Å². The third-order valence-electron chi connectivity index (χ3n) is 6.60.